The number of benzene rings is 1. The molecule has 1 saturated heterocycles. The Morgan fingerprint density at radius 1 is 1.33 bits per heavy atom. The summed E-state index contributed by atoms with van der Waals surface area (Å²) in [7, 11) is 5.76. The summed E-state index contributed by atoms with van der Waals surface area (Å²) >= 11 is 0. The lowest BCUT2D eigenvalue weighted by Crippen LogP contribution is -2.45. The third kappa shape index (κ3) is 6.61. The van der Waals surface area contributed by atoms with Gasteiger partial charge in [0.1, 0.15) is 5.75 Å². The van der Waals surface area contributed by atoms with Crippen LogP contribution in [0.5, 0.6) is 5.75 Å². The minimum absolute atomic E-state index is 0.396. The molecule has 1 aromatic rings. The molecule has 0 spiro atoms. The first-order valence-corrected chi connectivity index (χ1v) is 10.1. The van der Waals surface area contributed by atoms with E-state index in [1.165, 1.54) is 12.1 Å². The number of hydrogen-bond acceptors (Lipinski definition) is 4. The summed E-state index contributed by atoms with van der Waals surface area (Å²) in [5.74, 6) is 1.84. The molecule has 0 radical (unpaired) electrons. The first-order valence-electron chi connectivity index (χ1n) is 10.1. The number of aliphatic imine (C=N–C) groups is 1. The molecular weight excluding hydrogens is 338 g/mol. The van der Waals surface area contributed by atoms with E-state index >= 15 is 0 Å². The van der Waals surface area contributed by atoms with Crippen molar-refractivity contribution in [3.05, 3.63) is 24.3 Å². The van der Waals surface area contributed by atoms with Crippen molar-refractivity contribution in [2.75, 3.05) is 52.3 Å². The molecule has 1 heterocycles. The van der Waals surface area contributed by atoms with Crippen molar-refractivity contribution in [2.24, 2.45) is 4.99 Å². The number of guanidine groups is 1. The van der Waals surface area contributed by atoms with Crippen LogP contribution in [0.2, 0.25) is 0 Å². The van der Waals surface area contributed by atoms with E-state index < -0.39 is 0 Å². The lowest BCUT2D eigenvalue weighted by atomic mass is 10.2. The Labute approximate surface area is 165 Å². The Morgan fingerprint density at radius 3 is 2.81 bits per heavy atom. The van der Waals surface area contributed by atoms with Crippen LogP contribution >= 0.6 is 0 Å². The van der Waals surface area contributed by atoms with Gasteiger partial charge in [-0.2, -0.15) is 0 Å². The minimum atomic E-state index is 0.396. The molecule has 6 heteroatoms. The quantitative estimate of drug-likeness (QED) is 0.395. The van der Waals surface area contributed by atoms with Crippen molar-refractivity contribution in [3.8, 4) is 5.75 Å². The molecule has 1 fully saturated rings. The molecule has 1 aromatic carbocycles. The third-order valence-corrected chi connectivity index (χ3v) is 5.29. The minimum Gasteiger partial charge on any atom is -0.495 e. The summed E-state index contributed by atoms with van der Waals surface area (Å²) in [5, 5.41) is 7.02. The number of unbranched alkanes of at least 4 members (excludes halogenated alkanes) is 1. The van der Waals surface area contributed by atoms with Crippen LogP contribution in [-0.2, 0) is 0 Å². The number of para-hydroxylation sites is 2. The average molecular weight is 376 g/mol. The van der Waals surface area contributed by atoms with Gasteiger partial charge in [0.15, 0.2) is 5.96 Å². The lowest BCUT2D eigenvalue weighted by Gasteiger charge is -2.22. The van der Waals surface area contributed by atoms with Crippen molar-refractivity contribution in [2.45, 2.75) is 45.2 Å². The molecule has 1 atom stereocenters. The number of anilines is 1. The van der Waals surface area contributed by atoms with Gasteiger partial charge in [0.25, 0.3) is 0 Å². The van der Waals surface area contributed by atoms with E-state index in [-0.39, 0.29) is 0 Å². The van der Waals surface area contributed by atoms with Crippen molar-refractivity contribution < 1.29 is 4.74 Å². The molecule has 152 valence electrons. The molecule has 2 rings (SSSR count). The molecule has 0 saturated carbocycles. The first kappa shape index (κ1) is 21.4. The van der Waals surface area contributed by atoms with Crippen LogP contribution in [0.3, 0.4) is 0 Å². The second-order valence-electron chi connectivity index (χ2n) is 7.53. The molecular formula is C21H37N5O. The smallest absolute Gasteiger partial charge is 0.191 e. The summed E-state index contributed by atoms with van der Waals surface area (Å²) in [6.45, 7) is 8.55. The first-order chi connectivity index (χ1) is 13.0. The van der Waals surface area contributed by atoms with Crippen LogP contribution in [0.15, 0.2) is 29.3 Å². The van der Waals surface area contributed by atoms with Gasteiger partial charge in [0, 0.05) is 38.8 Å². The predicted molar refractivity (Wildman–Crippen MR) is 115 cm³/mol. The summed E-state index contributed by atoms with van der Waals surface area (Å²) < 4.78 is 5.50. The number of nitrogens with zero attached hydrogens (tertiary/aromatic N) is 3. The molecule has 1 aliphatic rings. The summed E-state index contributed by atoms with van der Waals surface area (Å²) in [6, 6.07) is 9.24. The molecule has 27 heavy (non-hydrogen) atoms. The van der Waals surface area contributed by atoms with Crippen LogP contribution in [0.25, 0.3) is 0 Å². The highest BCUT2D eigenvalue weighted by molar-refractivity contribution is 5.80. The fourth-order valence-corrected chi connectivity index (χ4v) is 3.33. The van der Waals surface area contributed by atoms with E-state index in [0.29, 0.717) is 12.1 Å². The summed E-state index contributed by atoms with van der Waals surface area (Å²) in [5.41, 5.74) is 1.17. The SMILES string of the molecule is CN=C(NCCCCN(C)C(C)C)NC1CCN(c2ccccc2OC)C1. The highest BCUT2D eigenvalue weighted by atomic mass is 16.5. The largest absolute Gasteiger partial charge is 0.495 e. The second kappa shape index (κ2) is 11.0. The van der Waals surface area contributed by atoms with Gasteiger partial charge in [-0.3, -0.25) is 4.99 Å². The second-order valence-corrected chi connectivity index (χ2v) is 7.53. The van der Waals surface area contributed by atoms with Gasteiger partial charge in [-0.1, -0.05) is 12.1 Å². The summed E-state index contributed by atoms with van der Waals surface area (Å²) in [6.07, 6.45) is 3.44. The highest BCUT2D eigenvalue weighted by Gasteiger charge is 2.25. The van der Waals surface area contributed by atoms with E-state index in [4.69, 9.17) is 4.74 Å². The average Bonchev–Trinajstić information content (AvgIpc) is 3.14. The molecule has 1 aliphatic heterocycles. The standard InChI is InChI=1S/C21H37N5O/c1-17(2)25(4)14-9-8-13-23-21(22-3)24-18-12-15-26(16-18)19-10-6-7-11-20(19)27-5/h6-7,10-11,17-18H,8-9,12-16H2,1-5H3,(H2,22,23,24). The Kier molecular flexibility index (Phi) is 8.72. The van der Waals surface area contributed by atoms with Crippen LogP contribution < -0.4 is 20.3 Å². The topological polar surface area (TPSA) is 52.1 Å². The van der Waals surface area contributed by atoms with Gasteiger partial charge in [0.05, 0.1) is 12.8 Å². The van der Waals surface area contributed by atoms with Crippen molar-refractivity contribution in [1.29, 1.82) is 0 Å². The monoisotopic (exact) mass is 375 g/mol. The van der Waals surface area contributed by atoms with E-state index in [1.807, 2.05) is 19.2 Å². The fourth-order valence-electron chi connectivity index (χ4n) is 3.33. The molecule has 0 amide bonds. The Balaban J connectivity index is 1.73. The van der Waals surface area contributed by atoms with Crippen LogP contribution in [0.1, 0.15) is 33.1 Å². The maximum absolute atomic E-state index is 5.50. The van der Waals surface area contributed by atoms with Gasteiger partial charge < -0.3 is 25.2 Å². The maximum atomic E-state index is 5.50. The zero-order valence-electron chi connectivity index (χ0n) is 17.7. The van der Waals surface area contributed by atoms with Crippen molar-refractivity contribution in [1.82, 2.24) is 15.5 Å². The Hall–Kier alpha value is -1.95. The highest BCUT2D eigenvalue weighted by Crippen LogP contribution is 2.30. The van der Waals surface area contributed by atoms with E-state index in [1.54, 1.807) is 7.11 Å². The number of methoxy groups -OCH3 is 1. The van der Waals surface area contributed by atoms with Crippen molar-refractivity contribution in [3.63, 3.8) is 0 Å². The van der Waals surface area contributed by atoms with E-state index in [0.717, 1.165) is 50.7 Å². The Bertz CT molecular complexity index is 590. The fraction of sp³-hybridized carbons (Fsp3) is 0.667. The number of rotatable bonds is 9. The molecule has 1 unspecified atom stereocenters. The number of hydrogen-bond donors (Lipinski definition) is 2. The van der Waals surface area contributed by atoms with Gasteiger partial charge in [-0.25, -0.2) is 0 Å². The zero-order chi connectivity index (χ0) is 19.6. The predicted octanol–water partition coefficient (Wildman–Crippen LogP) is 2.56. The molecule has 0 bridgehead atoms. The van der Waals surface area contributed by atoms with Crippen LogP contribution in [-0.4, -0.2) is 70.3 Å². The maximum Gasteiger partial charge on any atom is 0.191 e. The van der Waals surface area contributed by atoms with E-state index in [9.17, 15) is 0 Å². The third-order valence-electron chi connectivity index (χ3n) is 5.29. The van der Waals surface area contributed by atoms with Crippen LogP contribution in [0, 0.1) is 0 Å². The van der Waals surface area contributed by atoms with E-state index in [2.05, 4.69) is 58.5 Å². The molecule has 0 aromatic heterocycles. The molecule has 6 nitrogen and oxygen atoms in total. The van der Waals surface area contributed by atoms with Crippen molar-refractivity contribution >= 4 is 11.6 Å². The van der Waals surface area contributed by atoms with Gasteiger partial charge in [-0.15, -0.1) is 0 Å². The lowest BCUT2D eigenvalue weighted by molar-refractivity contribution is 0.268. The van der Waals surface area contributed by atoms with Gasteiger partial charge in [0.2, 0.25) is 0 Å². The van der Waals surface area contributed by atoms with Gasteiger partial charge >= 0.3 is 0 Å². The zero-order valence-corrected chi connectivity index (χ0v) is 17.7. The number of ether oxygens (including phenoxy) is 1. The normalized spacial score (nSPS) is 17.7. The molecule has 0 aliphatic carbocycles. The Morgan fingerprint density at radius 2 is 2.11 bits per heavy atom. The van der Waals surface area contributed by atoms with Crippen LogP contribution in [0.4, 0.5) is 5.69 Å². The molecule has 2 N–H and O–H groups in total. The number of nitrogens with one attached hydrogen (secondary N) is 2. The van der Waals surface area contributed by atoms with Gasteiger partial charge in [-0.05, 0) is 58.8 Å². The summed E-state index contributed by atoms with van der Waals surface area (Å²) in [4.78, 5) is 9.15.